The van der Waals surface area contributed by atoms with Gasteiger partial charge in [-0.1, -0.05) is 0 Å². The zero-order chi connectivity index (χ0) is 14.7. The van der Waals surface area contributed by atoms with E-state index in [1.54, 1.807) is 0 Å². The highest BCUT2D eigenvalue weighted by Gasteiger charge is 2.29. The van der Waals surface area contributed by atoms with E-state index in [2.05, 4.69) is 0 Å². The third kappa shape index (κ3) is 3.43. The van der Waals surface area contributed by atoms with Gasteiger partial charge >= 0.3 is 5.69 Å². The number of carbonyl (C=O) groups is 1. The molecule has 0 radical (unpaired) electrons. The largest absolute Gasteiger partial charge is 0.483 e. The minimum Gasteiger partial charge on any atom is -0.483 e. The predicted octanol–water partition coefficient (Wildman–Crippen LogP) is 2.16. The Kier molecular flexibility index (Phi) is 4.16. The van der Waals surface area contributed by atoms with Crippen molar-refractivity contribution in [3.8, 4) is 5.75 Å². The number of hydrogen-bond donors (Lipinski definition) is 1. The number of nitro benzene ring substituents is 1. The first-order valence-electron chi connectivity index (χ1n) is 6.34. The van der Waals surface area contributed by atoms with Crippen LogP contribution in [0.25, 0.3) is 0 Å². The highest BCUT2D eigenvalue weighted by Crippen LogP contribution is 2.35. The SMILES string of the molecule is NC(=O)C[C@H]1CC[C@H](Oc2cc(F)ccc2[N+](=O)[O-])C1. The molecule has 1 fully saturated rings. The van der Waals surface area contributed by atoms with E-state index in [0.717, 1.165) is 24.6 Å². The highest BCUT2D eigenvalue weighted by atomic mass is 19.1. The topological polar surface area (TPSA) is 95.5 Å². The number of nitrogens with two attached hydrogens (primary N) is 1. The standard InChI is InChI=1S/C13H15FN2O4/c14-9-2-4-11(16(18)19)12(7-9)20-10-3-1-8(5-10)6-13(15)17/h2,4,7-8,10H,1,3,5-6H2,(H2,15,17)/t8-,10-/m0/s1. The van der Waals surface area contributed by atoms with Crippen molar-refractivity contribution in [1.29, 1.82) is 0 Å². The third-order valence-electron chi connectivity index (χ3n) is 3.40. The van der Waals surface area contributed by atoms with E-state index in [-0.39, 0.29) is 35.8 Å². The molecule has 1 amide bonds. The average Bonchev–Trinajstić information content (AvgIpc) is 2.75. The summed E-state index contributed by atoms with van der Waals surface area (Å²) in [6, 6.07) is 3.12. The molecule has 0 aromatic heterocycles. The Hall–Kier alpha value is -2.18. The summed E-state index contributed by atoms with van der Waals surface area (Å²) < 4.78 is 18.7. The molecule has 0 heterocycles. The van der Waals surface area contributed by atoms with Crippen molar-refractivity contribution in [2.45, 2.75) is 31.8 Å². The lowest BCUT2D eigenvalue weighted by Crippen LogP contribution is -2.17. The summed E-state index contributed by atoms with van der Waals surface area (Å²) in [6.45, 7) is 0. The van der Waals surface area contributed by atoms with Crippen LogP contribution >= 0.6 is 0 Å². The van der Waals surface area contributed by atoms with Gasteiger partial charge in [0.2, 0.25) is 5.91 Å². The Morgan fingerprint density at radius 2 is 2.25 bits per heavy atom. The lowest BCUT2D eigenvalue weighted by Gasteiger charge is -2.14. The summed E-state index contributed by atoms with van der Waals surface area (Å²) in [7, 11) is 0. The molecule has 0 aliphatic heterocycles. The predicted molar refractivity (Wildman–Crippen MR) is 68.6 cm³/mol. The molecule has 0 spiro atoms. The second-order valence-electron chi connectivity index (χ2n) is 4.96. The molecule has 1 aromatic carbocycles. The summed E-state index contributed by atoms with van der Waals surface area (Å²) >= 11 is 0. The summed E-state index contributed by atoms with van der Waals surface area (Å²) in [6.07, 6.45) is 2.07. The average molecular weight is 282 g/mol. The zero-order valence-electron chi connectivity index (χ0n) is 10.8. The molecule has 2 rings (SSSR count). The first kappa shape index (κ1) is 14.2. The first-order valence-corrected chi connectivity index (χ1v) is 6.34. The normalized spacial score (nSPS) is 21.6. The van der Waals surface area contributed by atoms with Gasteiger partial charge in [-0.25, -0.2) is 4.39 Å². The summed E-state index contributed by atoms with van der Waals surface area (Å²) in [4.78, 5) is 21.1. The summed E-state index contributed by atoms with van der Waals surface area (Å²) in [5.41, 5.74) is 4.88. The number of halogens is 1. The van der Waals surface area contributed by atoms with E-state index in [1.807, 2.05) is 0 Å². The fourth-order valence-corrected chi connectivity index (χ4v) is 2.52. The van der Waals surface area contributed by atoms with Crippen molar-refractivity contribution in [2.75, 3.05) is 0 Å². The van der Waals surface area contributed by atoms with Crippen LogP contribution in [0.1, 0.15) is 25.7 Å². The van der Waals surface area contributed by atoms with Crippen LogP contribution in [0.4, 0.5) is 10.1 Å². The number of primary amides is 1. The maximum Gasteiger partial charge on any atom is 0.311 e. The Balaban J connectivity index is 2.05. The zero-order valence-corrected chi connectivity index (χ0v) is 10.8. The molecular formula is C13H15FN2O4. The van der Waals surface area contributed by atoms with Gasteiger partial charge in [0, 0.05) is 18.6 Å². The minimum atomic E-state index is -0.607. The van der Waals surface area contributed by atoms with Crippen LogP contribution in [0.2, 0.25) is 0 Å². The van der Waals surface area contributed by atoms with Gasteiger partial charge in [-0.3, -0.25) is 14.9 Å². The van der Waals surface area contributed by atoms with E-state index in [4.69, 9.17) is 10.5 Å². The molecular weight excluding hydrogens is 267 g/mol. The molecule has 1 aliphatic rings. The number of ether oxygens (including phenoxy) is 1. The van der Waals surface area contributed by atoms with Gasteiger partial charge in [0.1, 0.15) is 5.82 Å². The second kappa shape index (κ2) is 5.85. The fraction of sp³-hybridized carbons (Fsp3) is 0.462. The molecule has 7 heteroatoms. The van der Waals surface area contributed by atoms with Gasteiger partial charge in [0.25, 0.3) is 0 Å². The van der Waals surface area contributed by atoms with Crippen molar-refractivity contribution in [3.05, 3.63) is 34.1 Å². The van der Waals surface area contributed by atoms with Gasteiger partial charge in [-0.15, -0.1) is 0 Å². The number of nitrogens with zero attached hydrogens (tertiary/aromatic N) is 1. The molecule has 20 heavy (non-hydrogen) atoms. The van der Waals surface area contributed by atoms with E-state index in [1.165, 1.54) is 0 Å². The first-order chi connectivity index (χ1) is 9.45. The number of hydrogen-bond acceptors (Lipinski definition) is 4. The molecule has 1 aliphatic carbocycles. The maximum atomic E-state index is 13.2. The molecule has 2 atom stereocenters. The van der Waals surface area contributed by atoms with Gasteiger partial charge in [-0.2, -0.15) is 0 Å². The highest BCUT2D eigenvalue weighted by molar-refractivity contribution is 5.74. The van der Waals surface area contributed by atoms with Crippen molar-refractivity contribution in [1.82, 2.24) is 0 Å². The molecule has 0 bridgehead atoms. The van der Waals surface area contributed by atoms with Crippen LogP contribution in [0, 0.1) is 21.8 Å². The van der Waals surface area contributed by atoms with E-state index >= 15 is 0 Å². The number of amides is 1. The van der Waals surface area contributed by atoms with Crippen LogP contribution in [0.3, 0.4) is 0 Å². The van der Waals surface area contributed by atoms with Crippen LogP contribution in [-0.4, -0.2) is 16.9 Å². The Morgan fingerprint density at radius 1 is 1.50 bits per heavy atom. The number of benzene rings is 1. The summed E-state index contributed by atoms with van der Waals surface area (Å²) in [5.74, 6) is -0.894. The van der Waals surface area contributed by atoms with Crippen molar-refractivity contribution >= 4 is 11.6 Å². The van der Waals surface area contributed by atoms with Crippen molar-refractivity contribution < 1.29 is 18.8 Å². The quantitative estimate of drug-likeness (QED) is 0.661. The minimum absolute atomic E-state index is 0.0697. The number of carbonyl (C=O) groups excluding carboxylic acids is 1. The Bertz CT molecular complexity index is 535. The van der Waals surface area contributed by atoms with Crippen LogP contribution < -0.4 is 10.5 Å². The lowest BCUT2D eigenvalue weighted by atomic mass is 10.0. The molecule has 0 unspecified atom stereocenters. The second-order valence-corrected chi connectivity index (χ2v) is 4.96. The van der Waals surface area contributed by atoms with Crippen LogP contribution in [-0.2, 0) is 4.79 Å². The van der Waals surface area contributed by atoms with Crippen molar-refractivity contribution in [2.24, 2.45) is 11.7 Å². The molecule has 1 saturated carbocycles. The van der Waals surface area contributed by atoms with E-state index in [9.17, 15) is 19.3 Å². The molecule has 1 aromatic rings. The number of rotatable bonds is 5. The van der Waals surface area contributed by atoms with Crippen molar-refractivity contribution in [3.63, 3.8) is 0 Å². The van der Waals surface area contributed by atoms with Gasteiger partial charge < -0.3 is 10.5 Å². The van der Waals surface area contributed by atoms with Crippen LogP contribution in [0.15, 0.2) is 18.2 Å². The Morgan fingerprint density at radius 3 is 2.90 bits per heavy atom. The van der Waals surface area contributed by atoms with E-state index in [0.29, 0.717) is 12.8 Å². The van der Waals surface area contributed by atoms with E-state index < -0.39 is 10.7 Å². The smallest absolute Gasteiger partial charge is 0.311 e. The van der Waals surface area contributed by atoms with Gasteiger partial charge in [0.05, 0.1) is 11.0 Å². The van der Waals surface area contributed by atoms with Gasteiger partial charge in [0.15, 0.2) is 5.75 Å². The fourth-order valence-electron chi connectivity index (χ4n) is 2.52. The maximum absolute atomic E-state index is 13.2. The molecule has 0 saturated heterocycles. The lowest BCUT2D eigenvalue weighted by molar-refractivity contribution is -0.386. The third-order valence-corrected chi connectivity index (χ3v) is 3.40. The van der Waals surface area contributed by atoms with Crippen LogP contribution in [0.5, 0.6) is 5.75 Å². The summed E-state index contributed by atoms with van der Waals surface area (Å²) in [5, 5.41) is 10.9. The monoisotopic (exact) mass is 282 g/mol. The Labute approximate surface area is 114 Å². The molecule has 2 N–H and O–H groups in total. The number of nitro groups is 1. The molecule has 6 nitrogen and oxygen atoms in total. The molecule has 108 valence electrons. The van der Waals surface area contributed by atoms with Gasteiger partial charge in [-0.05, 0) is 31.2 Å².